The number of ketones is 1. The number of carbonyl (C=O) groups excluding carboxylic acids is 3. The van der Waals surface area contributed by atoms with Crippen LogP contribution in [0, 0.1) is 13.8 Å². The number of carbonyl (C=O) groups is 3. The summed E-state index contributed by atoms with van der Waals surface area (Å²) in [6.07, 6.45) is 0. The first-order valence-electron chi connectivity index (χ1n) is 7.82. The molecule has 0 saturated heterocycles. The van der Waals surface area contributed by atoms with Crippen LogP contribution in [0.3, 0.4) is 0 Å². The van der Waals surface area contributed by atoms with Gasteiger partial charge in [-0.1, -0.05) is 0 Å². The first kappa shape index (κ1) is 18.5. The van der Waals surface area contributed by atoms with E-state index in [2.05, 4.69) is 0 Å². The fraction of sp³-hybridized carbons (Fsp3) is 0.389. The van der Waals surface area contributed by atoms with Crippen molar-refractivity contribution in [3.8, 4) is 11.5 Å². The van der Waals surface area contributed by atoms with Crippen molar-refractivity contribution < 1.29 is 29.0 Å². The standard InChI is InChI=1S/C18H21NO6/c1-7-25-18(23)12-9(3)19(11(5)21)15-14(12)13(10(4)20)16(22)8(2)17(15)24-6/h22H,7H2,1-6H3. The molecular weight excluding hydrogens is 326 g/mol. The normalized spacial score (nSPS) is 10.8. The van der Waals surface area contributed by atoms with E-state index in [1.165, 1.54) is 25.5 Å². The van der Waals surface area contributed by atoms with E-state index in [1.54, 1.807) is 20.8 Å². The number of benzene rings is 1. The highest BCUT2D eigenvalue weighted by molar-refractivity contribution is 6.20. The number of hydrogen-bond acceptors (Lipinski definition) is 6. The lowest BCUT2D eigenvalue weighted by Crippen LogP contribution is -2.11. The van der Waals surface area contributed by atoms with Gasteiger partial charge in [-0.2, -0.15) is 0 Å². The molecule has 2 aromatic rings. The van der Waals surface area contributed by atoms with E-state index in [9.17, 15) is 19.5 Å². The second-order valence-electron chi connectivity index (χ2n) is 5.70. The number of hydrogen-bond donors (Lipinski definition) is 1. The topological polar surface area (TPSA) is 94.8 Å². The van der Waals surface area contributed by atoms with Crippen LogP contribution in [-0.2, 0) is 4.74 Å². The smallest absolute Gasteiger partial charge is 0.340 e. The average molecular weight is 347 g/mol. The molecule has 0 bridgehead atoms. The van der Waals surface area contributed by atoms with Crippen molar-refractivity contribution in [3.05, 3.63) is 22.4 Å². The molecule has 1 aromatic heterocycles. The summed E-state index contributed by atoms with van der Waals surface area (Å²) < 4.78 is 11.8. The SMILES string of the molecule is CCOC(=O)c1c(C)n(C(C)=O)c2c(OC)c(C)c(O)c(C(C)=O)c12. The molecule has 25 heavy (non-hydrogen) atoms. The molecule has 134 valence electrons. The molecule has 0 fully saturated rings. The molecule has 0 spiro atoms. The molecular formula is C18H21NO6. The van der Waals surface area contributed by atoms with Crippen LogP contribution < -0.4 is 4.74 Å². The lowest BCUT2D eigenvalue weighted by molar-refractivity contribution is 0.0527. The highest BCUT2D eigenvalue weighted by Crippen LogP contribution is 2.43. The van der Waals surface area contributed by atoms with Crippen molar-refractivity contribution in [2.75, 3.05) is 13.7 Å². The summed E-state index contributed by atoms with van der Waals surface area (Å²) in [6, 6.07) is 0. The third-order valence-corrected chi connectivity index (χ3v) is 4.16. The molecule has 2 rings (SSSR count). The Morgan fingerprint density at radius 1 is 1.12 bits per heavy atom. The van der Waals surface area contributed by atoms with Crippen molar-refractivity contribution in [2.24, 2.45) is 0 Å². The Balaban J connectivity index is 3.21. The monoisotopic (exact) mass is 347 g/mol. The number of fused-ring (bicyclic) bond motifs is 1. The number of rotatable bonds is 4. The van der Waals surface area contributed by atoms with Gasteiger partial charge in [-0.15, -0.1) is 0 Å². The fourth-order valence-electron chi connectivity index (χ4n) is 3.18. The van der Waals surface area contributed by atoms with Gasteiger partial charge in [-0.25, -0.2) is 4.79 Å². The van der Waals surface area contributed by atoms with Crippen molar-refractivity contribution in [1.29, 1.82) is 0 Å². The minimum atomic E-state index is -0.669. The Hall–Kier alpha value is -2.83. The van der Waals surface area contributed by atoms with Crippen LogP contribution in [0.2, 0.25) is 0 Å². The third-order valence-electron chi connectivity index (χ3n) is 4.16. The molecule has 0 aliphatic carbocycles. The van der Waals surface area contributed by atoms with Crippen LogP contribution in [-0.4, -0.2) is 41.1 Å². The van der Waals surface area contributed by atoms with Gasteiger partial charge in [0, 0.05) is 23.6 Å². The molecule has 1 N–H and O–H groups in total. The van der Waals surface area contributed by atoms with E-state index >= 15 is 0 Å². The summed E-state index contributed by atoms with van der Waals surface area (Å²) in [5.74, 6) is -1.50. The Labute approximate surface area is 145 Å². The highest BCUT2D eigenvalue weighted by atomic mass is 16.5. The van der Waals surface area contributed by atoms with E-state index in [0.29, 0.717) is 11.3 Å². The van der Waals surface area contributed by atoms with Gasteiger partial charge in [0.2, 0.25) is 5.91 Å². The summed E-state index contributed by atoms with van der Waals surface area (Å²) in [6.45, 7) is 7.59. The van der Waals surface area contributed by atoms with Crippen LogP contribution >= 0.6 is 0 Å². The zero-order chi connectivity index (χ0) is 19.0. The van der Waals surface area contributed by atoms with Gasteiger partial charge in [-0.05, 0) is 27.7 Å². The van der Waals surface area contributed by atoms with Gasteiger partial charge in [-0.3, -0.25) is 14.2 Å². The average Bonchev–Trinajstić information content (AvgIpc) is 2.81. The first-order chi connectivity index (χ1) is 11.7. The Morgan fingerprint density at radius 2 is 1.72 bits per heavy atom. The van der Waals surface area contributed by atoms with Gasteiger partial charge < -0.3 is 14.6 Å². The second-order valence-corrected chi connectivity index (χ2v) is 5.70. The lowest BCUT2D eigenvalue weighted by Gasteiger charge is -2.14. The number of nitrogens with zero attached hydrogens (tertiary/aromatic N) is 1. The molecule has 0 atom stereocenters. The predicted molar refractivity (Wildman–Crippen MR) is 91.9 cm³/mol. The van der Waals surface area contributed by atoms with E-state index in [4.69, 9.17) is 9.47 Å². The maximum Gasteiger partial charge on any atom is 0.340 e. The molecule has 0 radical (unpaired) electrons. The summed E-state index contributed by atoms with van der Waals surface area (Å²) in [5.41, 5.74) is 0.962. The van der Waals surface area contributed by atoms with Crippen molar-refractivity contribution >= 4 is 28.6 Å². The summed E-state index contributed by atoms with van der Waals surface area (Å²) in [7, 11) is 1.39. The highest BCUT2D eigenvalue weighted by Gasteiger charge is 2.32. The van der Waals surface area contributed by atoms with E-state index < -0.39 is 11.8 Å². The molecule has 1 heterocycles. The van der Waals surface area contributed by atoms with Gasteiger partial charge in [0.1, 0.15) is 17.0 Å². The summed E-state index contributed by atoms with van der Waals surface area (Å²) in [4.78, 5) is 36.9. The minimum absolute atomic E-state index is 0.0283. The van der Waals surface area contributed by atoms with E-state index in [-0.39, 0.29) is 46.0 Å². The van der Waals surface area contributed by atoms with Crippen molar-refractivity contribution in [1.82, 2.24) is 4.57 Å². The summed E-state index contributed by atoms with van der Waals surface area (Å²) in [5, 5.41) is 10.7. The summed E-state index contributed by atoms with van der Waals surface area (Å²) >= 11 is 0. The Bertz CT molecular complexity index is 907. The number of methoxy groups -OCH3 is 1. The van der Waals surface area contributed by atoms with Gasteiger partial charge in [0.05, 0.1) is 24.8 Å². The first-order valence-corrected chi connectivity index (χ1v) is 7.82. The maximum atomic E-state index is 12.5. The van der Waals surface area contributed by atoms with Crippen LogP contribution in [0.4, 0.5) is 0 Å². The fourth-order valence-corrected chi connectivity index (χ4v) is 3.18. The molecule has 1 aromatic carbocycles. The van der Waals surface area contributed by atoms with Gasteiger partial charge in [0.25, 0.3) is 0 Å². The number of phenols is 1. The largest absolute Gasteiger partial charge is 0.507 e. The minimum Gasteiger partial charge on any atom is -0.507 e. The van der Waals surface area contributed by atoms with Crippen LogP contribution in [0.25, 0.3) is 10.9 Å². The van der Waals surface area contributed by atoms with Gasteiger partial charge in [0.15, 0.2) is 5.78 Å². The molecule has 7 nitrogen and oxygen atoms in total. The molecule has 0 saturated carbocycles. The number of phenolic OH excluding ortho intramolecular Hbond substituents is 1. The van der Waals surface area contributed by atoms with Crippen molar-refractivity contribution in [2.45, 2.75) is 34.6 Å². The Morgan fingerprint density at radius 3 is 2.16 bits per heavy atom. The lowest BCUT2D eigenvalue weighted by atomic mass is 9.97. The Kier molecular flexibility index (Phi) is 4.87. The second kappa shape index (κ2) is 6.58. The molecule has 7 heteroatoms. The number of Topliss-reactive ketones (excluding diaryl/α,β-unsaturated/α-hetero) is 1. The van der Waals surface area contributed by atoms with Crippen LogP contribution in [0.1, 0.15) is 57.5 Å². The quantitative estimate of drug-likeness (QED) is 0.675. The molecule has 0 aliphatic rings. The molecule has 0 aliphatic heterocycles. The van der Waals surface area contributed by atoms with Crippen LogP contribution in [0.15, 0.2) is 0 Å². The van der Waals surface area contributed by atoms with Crippen LogP contribution in [0.5, 0.6) is 11.5 Å². The predicted octanol–water partition coefficient (Wildman–Crippen LogP) is 3.01. The number of esters is 1. The number of aromatic nitrogens is 1. The third kappa shape index (κ3) is 2.65. The van der Waals surface area contributed by atoms with E-state index in [0.717, 1.165) is 0 Å². The van der Waals surface area contributed by atoms with E-state index in [1.807, 2.05) is 0 Å². The van der Waals surface area contributed by atoms with Crippen molar-refractivity contribution in [3.63, 3.8) is 0 Å². The molecule has 0 amide bonds. The number of aromatic hydroxyl groups is 1. The zero-order valence-electron chi connectivity index (χ0n) is 15.1. The molecule has 0 unspecified atom stereocenters. The zero-order valence-corrected chi connectivity index (χ0v) is 15.1. The number of ether oxygens (including phenoxy) is 2. The maximum absolute atomic E-state index is 12.5. The van der Waals surface area contributed by atoms with Gasteiger partial charge >= 0.3 is 5.97 Å².